The van der Waals surface area contributed by atoms with Gasteiger partial charge in [-0.05, 0) is 64.4 Å². The fourth-order valence-corrected chi connectivity index (χ4v) is 4.04. The first-order valence-corrected chi connectivity index (χ1v) is 9.57. The van der Waals surface area contributed by atoms with E-state index in [4.69, 9.17) is 9.97 Å². The van der Waals surface area contributed by atoms with Crippen LogP contribution in [0.2, 0.25) is 0 Å². The molecule has 5 aromatic rings. The number of benzene rings is 2. The molecule has 3 heterocycles. The van der Waals surface area contributed by atoms with Gasteiger partial charge in [-0.25, -0.2) is 9.97 Å². The molecule has 130 valence electrons. The molecule has 0 aliphatic heterocycles. The third kappa shape index (κ3) is 2.82. The molecule has 27 heavy (non-hydrogen) atoms. The largest absolute Gasteiger partial charge is 0.373 e. The molecule has 0 amide bonds. The second-order valence-electron chi connectivity index (χ2n) is 6.29. The van der Waals surface area contributed by atoms with Gasteiger partial charge in [-0.2, -0.15) is 0 Å². The summed E-state index contributed by atoms with van der Waals surface area (Å²) in [5.41, 5.74) is 4.17. The lowest BCUT2D eigenvalue weighted by Gasteiger charge is -2.10. The molecular formula is C22H16N4S. The lowest BCUT2D eigenvalue weighted by atomic mass is 10.0. The standard InChI is InChI=1S/C22H16N4S/c1-23-22-18-12-15(14-5-7-20-16(11-14)8-10-27-20)4-6-19(18)25-21(26-22)17-3-2-9-24-13-17/h2-13H,1H3,(H,23,25,26). The van der Waals surface area contributed by atoms with Crippen LogP contribution in [0.5, 0.6) is 0 Å². The number of pyridine rings is 1. The van der Waals surface area contributed by atoms with Gasteiger partial charge >= 0.3 is 0 Å². The number of nitrogens with zero attached hydrogens (tertiary/aromatic N) is 3. The Kier molecular flexibility index (Phi) is 3.80. The zero-order valence-electron chi connectivity index (χ0n) is 14.7. The minimum absolute atomic E-state index is 0.674. The minimum atomic E-state index is 0.674. The maximum absolute atomic E-state index is 4.74. The van der Waals surface area contributed by atoms with E-state index < -0.39 is 0 Å². The van der Waals surface area contributed by atoms with Crippen LogP contribution in [0.25, 0.3) is 43.5 Å². The topological polar surface area (TPSA) is 50.7 Å². The molecule has 2 aromatic carbocycles. The predicted octanol–water partition coefficient (Wildman–Crippen LogP) is 5.62. The Balaban J connectivity index is 1.66. The average molecular weight is 368 g/mol. The molecule has 0 radical (unpaired) electrons. The van der Waals surface area contributed by atoms with Crippen LogP contribution in [-0.2, 0) is 0 Å². The first-order chi connectivity index (χ1) is 13.3. The smallest absolute Gasteiger partial charge is 0.163 e. The van der Waals surface area contributed by atoms with E-state index in [0.29, 0.717) is 5.82 Å². The fourth-order valence-electron chi connectivity index (χ4n) is 3.27. The van der Waals surface area contributed by atoms with Crippen LogP contribution in [0.15, 0.2) is 72.4 Å². The second kappa shape index (κ2) is 6.45. The summed E-state index contributed by atoms with van der Waals surface area (Å²) in [6.07, 6.45) is 3.53. The van der Waals surface area contributed by atoms with Crippen LogP contribution < -0.4 is 5.32 Å². The molecule has 0 aliphatic rings. The molecule has 0 unspecified atom stereocenters. The summed E-state index contributed by atoms with van der Waals surface area (Å²) in [6.45, 7) is 0. The fraction of sp³-hybridized carbons (Fsp3) is 0.0455. The highest BCUT2D eigenvalue weighted by Crippen LogP contribution is 2.31. The lowest BCUT2D eigenvalue weighted by molar-refractivity contribution is 1.20. The number of rotatable bonds is 3. The monoisotopic (exact) mass is 368 g/mol. The minimum Gasteiger partial charge on any atom is -0.373 e. The van der Waals surface area contributed by atoms with Gasteiger partial charge in [0.2, 0.25) is 0 Å². The van der Waals surface area contributed by atoms with Crippen molar-refractivity contribution in [3.63, 3.8) is 0 Å². The van der Waals surface area contributed by atoms with Crippen LogP contribution in [0.4, 0.5) is 5.82 Å². The van der Waals surface area contributed by atoms with E-state index in [9.17, 15) is 0 Å². The lowest BCUT2D eigenvalue weighted by Crippen LogP contribution is -1.99. The van der Waals surface area contributed by atoms with Crippen molar-refractivity contribution in [1.82, 2.24) is 15.0 Å². The summed E-state index contributed by atoms with van der Waals surface area (Å²) >= 11 is 1.76. The molecule has 0 atom stereocenters. The Morgan fingerprint density at radius 1 is 0.889 bits per heavy atom. The molecule has 4 nitrogen and oxygen atoms in total. The third-order valence-electron chi connectivity index (χ3n) is 4.64. The number of hydrogen-bond acceptors (Lipinski definition) is 5. The highest BCUT2D eigenvalue weighted by molar-refractivity contribution is 7.17. The zero-order chi connectivity index (χ0) is 18.2. The third-order valence-corrected chi connectivity index (χ3v) is 5.54. The van der Waals surface area contributed by atoms with Gasteiger partial charge in [-0.3, -0.25) is 4.98 Å². The quantitative estimate of drug-likeness (QED) is 0.449. The van der Waals surface area contributed by atoms with Gasteiger partial charge in [0.05, 0.1) is 5.52 Å². The van der Waals surface area contributed by atoms with Gasteiger partial charge in [-0.1, -0.05) is 12.1 Å². The average Bonchev–Trinajstić information content (AvgIpc) is 3.21. The van der Waals surface area contributed by atoms with E-state index in [1.54, 1.807) is 23.7 Å². The van der Waals surface area contributed by atoms with Gasteiger partial charge < -0.3 is 5.32 Å². The number of anilines is 1. The van der Waals surface area contributed by atoms with Crippen molar-refractivity contribution >= 4 is 38.1 Å². The van der Waals surface area contributed by atoms with Gasteiger partial charge in [-0.15, -0.1) is 11.3 Å². The molecule has 0 aliphatic carbocycles. The van der Waals surface area contributed by atoms with Crippen molar-refractivity contribution in [2.75, 3.05) is 12.4 Å². The first-order valence-electron chi connectivity index (χ1n) is 8.69. The maximum atomic E-state index is 4.74. The van der Waals surface area contributed by atoms with E-state index in [-0.39, 0.29) is 0 Å². The molecule has 1 N–H and O–H groups in total. The number of nitrogens with one attached hydrogen (secondary N) is 1. The summed E-state index contributed by atoms with van der Waals surface area (Å²) in [7, 11) is 1.89. The molecule has 0 spiro atoms. The molecule has 0 saturated carbocycles. The maximum Gasteiger partial charge on any atom is 0.163 e. The summed E-state index contributed by atoms with van der Waals surface area (Å²) in [6, 6.07) is 18.9. The molecular weight excluding hydrogens is 352 g/mol. The van der Waals surface area contributed by atoms with Crippen molar-refractivity contribution in [2.45, 2.75) is 0 Å². The Labute approximate surface area is 160 Å². The van der Waals surface area contributed by atoms with Crippen molar-refractivity contribution < 1.29 is 0 Å². The number of fused-ring (bicyclic) bond motifs is 2. The van der Waals surface area contributed by atoms with Crippen LogP contribution in [0.1, 0.15) is 0 Å². The van der Waals surface area contributed by atoms with Crippen molar-refractivity contribution in [3.05, 3.63) is 72.4 Å². The van der Waals surface area contributed by atoms with Gasteiger partial charge in [0.1, 0.15) is 5.82 Å². The number of hydrogen-bond donors (Lipinski definition) is 1. The molecule has 3 aromatic heterocycles. The van der Waals surface area contributed by atoms with Crippen LogP contribution in [0.3, 0.4) is 0 Å². The zero-order valence-corrected chi connectivity index (χ0v) is 15.5. The van der Waals surface area contributed by atoms with E-state index in [0.717, 1.165) is 27.8 Å². The van der Waals surface area contributed by atoms with Crippen molar-refractivity contribution in [1.29, 1.82) is 0 Å². The Morgan fingerprint density at radius 3 is 2.63 bits per heavy atom. The van der Waals surface area contributed by atoms with Gasteiger partial charge in [0, 0.05) is 35.1 Å². The summed E-state index contributed by atoms with van der Waals surface area (Å²) in [5, 5.41) is 7.62. The molecule has 0 fully saturated rings. The molecule has 5 rings (SSSR count). The predicted molar refractivity (Wildman–Crippen MR) is 113 cm³/mol. The number of thiophene rings is 1. The SMILES string of the molecule is CNc1nc(-c2cccnc2)nc2ccc(-c3ccc4sccc4c3)cc12. The Hall–Kier alpha value is -3.31. The molecule has 5 heteroatoms. The normalized spacial score (nSPS) is 11.1. The van der Waals surface area contributed by atoms with Crippen LogP contribution in [0, 0.1) is 0 Å². The van der Waals surface area contributed by atoms with Gasteiger partial charge in [0.15, 0.2) is 5.82 Å². The van der Waals surface area contributed by atoms with Gasteiger partial charge in [0.25, 0.3) is 0 Å². The van der Waals surface area contributed by atoms with E-state index >= 15 is 0 Å². The van der Waals surface area contributed by atoms with E-state index in [1.807, 2.05) is 19.2 Å². The first kappa shape index (κ1) is 15.9. The molecule has 0 bridgehead atoms. The highest BCUT2D eigenvalue weighted by Gasteiger charge is 2.10. The van der Waals surface area contributed by atoms with E-state index in [2.05, 4.69) is 58.1 Å². The summed E-state index contributed by atoms with van der Waals surface area (Å²) in [5.74, 6) is 1.49. The van der Waals surface area contributed by atoms with Crippen LogP contribution >= 0.6 is 11.3 Å². The Morgan fingerprint density at radius 2 is 1.78 bits per heavy atom. The summed E-state index contributed by atoms with van der Waals surface area (Å²) < 4.78 is 1.31. The Bertz CT molecular complexity index is 1260. The molecule has 0 saturated heterocycles. The van der Waals surface area contributed by atoms with Crippen molar-refractivity contribution in [2.24, 2.45) is 0 Å². The van der Waals surface area contributed by atoms with E-state index in [1.165, 1.54) is 15.6 Å². The van der Waals surface area contributed by atoms with Crippen LogP contribution in [-0.4, -0.2) is 22.0 Å². The number of aromatic nitrogens is 3. The second-order valence-corrected chi connectivity index (χ2v) is 7.24. The highest BCUT2D eigenvalue weighted by atomic mass is 32.1. The van der Waals surface area contributed by atoms with Crippen molar-refractivity contribution in [3.8, 4) is 22.5 Å². The summed E-state index contributed by atoms with van der Waals surface area (Å²) in [4.78, 5) is 13.6.